The first-order valence-corrected chi connectivity index (χ1v) is 7.91. The van der Waals surface area contributed by atoms with Crippen molar-refractivity contribution >= 4 is 11.9 Å². The molecule has 1 amide bonds. The van der Waals surface area contributed by atoms with Crippen LogP contribution in [0.5, 0.6) is 0 Å². The van der Waals surface area contributed by atoms with E-state index in [9.17, 15) is 4.79 Å². The Morgan fingerprint density at radius 1 is 1.40 bits per heavy atom. The largest absolute Gasteiger partial charge is 0.370 e. The fraction of sp³-hybridized carbons (Fsp3) is 0.867. The summed E-state index contributed by atoms with van der Waals surface area (Å²) in [6.45, 7) is 7.65. The van der Waals surface area contributed by atoms with Gasteiger partial charge in [0.1, 0.15) is 0 Å². The summed E-state index contributed by atoms with van der Waals surface area (Å²) in [6.07, 6.45) is 6.04. The second kappa shape index (κ2) is 9.61. The minimum atomic E-state index is 0.300. The third-order valence-corrected chi connectivity index (χ3v) is 3.57. The number of amides is 1. The Morgan fingerprint density at radius 3 is 2.95 bits per heavy atom. The molecular weight excluding hydrogens is 252 g/mol. The Morgan fingerprint density at radius 2 is 2.20 bits per heavy atom. The van der Waals surface area contributed by atoms with Crippen molar-refractivity contribution < 1.29 is 4.79 Å². The van der Waals surface area contributed by atoms with Gasteiger partial charge in [-0.2, -0.15) is 0 Å². The van der Waals surface area contributed by atoms with E-state index in [4.69, 9.17) is 5.73 Å². The fourth-order valence-electron chi connectivity index (χ4n) is 2.28. The van der Waals surface area contributed by atoms with Gasteiger partial charge in [-0.05, 0) is 31.6 Å². The second-order valence-electron chi connectivity index (χ2n) is 5.92. The first-order valence-electron chi connectivity index (χ1n) is 7.91. The molecule has 116 valence electrons. The second-order valence-corrected chi connectivity index (χ2v) is 5.92. The van der Waals surface area contributed by atoms with E-state index in [0.29, 0.717) is 30.8 Å². The molecule has 1 heterocycles. The van der Waals surface area contributed by atoms with Crippen LogP contribution in [-0.2, 0) is 4.79 Å². The molecule has 5 heteroatoms. The van der Waals surface area contributed by atoms with E-state index < -0.39 is 0 Å². The molecule has 0 bridgehead atoms. The normalized spacial score (nSPS) is 17.4. The number of nitrogens with one attached hydrogen (secondary N) is 1. The highest BCUT2D eigenvalue weighted by molar-refractivity contribution is 5.77. The molecular formula is C15H30N4O. The first kappa shape index (κ1) is 16.8. The van der Waals surface area contributed by atoms with Crippen LogP contribution in [0.15, 0.2) is 4.99 Å². The number of likely N-dealkylation sites (tertiary alicyclic amines) is 1. The number of hydrogen-bond acceptors (Lipinski definition) is 2. The number of rotatable bonds is 7. The van der Waals surface area contributed by atoms with Gasteiger partial charge in [-0.15, -0.1) is 0 Å². The lowest BCUT2D eigenvalue weighted by atomic mass is 10.1. The van der Waals surface area contributed by atoms with Gasteiger partial charge in [-0.1, -0.05) is 20.3 Å². The minimum Gasteiger partial charge on any atom is -0.370 e. The third kappa shape index (κ3) is 7.36. The van der Waals surface area contributed by atoms with Crippen LogP contribution in [0.1, 0.15) is 52.4 Å². The van der Waals surface area contributed by atoms with Gasteiger partial charge in [0.25, 0.3) is 0 Å². The van der Waals surface area contributed by atoms with Gasteiger partial charge in [-0.3, -0.25) is 9.79 Å². The fourth-order valence-corrected chi connectivity index (χ4v) is 2.28. The third-order valence-electron chi connectivity index (χ3n) is 3.57. The molecule has 0 aromatic rings. The molecule has 1 rings (SSSR count). The molecule has 1 saturated heterocycles. The van der Waals surface area contributed by atoms with E-state index >= 15 is 0 Å². The van der Waals surface area contributed by atoms with Crippen LogP contribution in [0.2, 0.25) is 0 Å². The average molecular weight is 282 g/mol. The number of aliphatic imine (C=N–C) groups is 1. The summed E-state index contributed by atoms with van der Waals surface area (Å²) in [5.74, 6) is 1.49. The van der Waals surface area contributed by atoms with E-state index in [1.54, 1.807) is 0 Å². The van der Waals surface area contributed by atoms with Gasteiger partial charge >= 0.3 is 0 Å². The predicted molar refractivity (Wildman–Crippen MR) is 83.6 cm³/mol. The van der Waals surface area contributed by atoms with Crippen molar-refractivity contribution in [2.24, 2.45) is 16.6 Å². The zero-order chi connectivity index (χ0) is 14.8. The summed E-state index contributed by atoms with van der Waals surface area (Å²) in [5.41, 5.74) is 5.79. The van der Waals surface area contributed by atoms with Crippen LogP contribution < -0.4 is 11.1 Å². The molecule has 0 saturated carbocycles. The summed E-state index contributed by atoms with van der Waals surface area (Å²) >= 11 is 0. The maximum atomic E-state index is 11.8. The van der Waals surface area contributed by atoms with Crippen LogP contribution in [0.4, 0.5) is 0 Å². The standard InChI is InChI=1S/C15H30N4O/c1-13(2)8-10-18-15(16)17-9-6-12-19-11-5-3-4-7-14(19)20/h13H,3-12H2,1-2H3,(H3,16,17,18). The van der Waals surface area contributed by atoms with Crippen LogP contribution in [0, 0.1) is 5.92 Å². The Hall–Kier alpha value is -1.26. The number of guanidine groups is 1. The molecule has 5 nitrogen and oxygen atoms in total. The number of nitrogens with two attached hydrogens (primary N) is 1. The van der Waals surface area contributed by atoms with Crippen molar-refractivity contribution in [2.45, 2.75) is 52.4 Å². The Bertz CT molecular complexity index is 315. The molecule has 0 atom stereocenters. The molecule has 20 heavy (non-hydrogen) atoms. The molecule has 0 spiro atoms. The smallest absolute Gasteiger partial charge is 0.222 e. The molecule has 1 fully saturated rings. The molecule has 0 aromatic heterocycles. The van der Waals surface area contributed by atoms with Crippen molar-refractivity contribution in [1.29, 1.82) is 0 Å². The summed E-state index contributed by atoms with van der Waals surface area (Å²) < 4.78 is 0. The van der Waals surface area contributed by atoms with Gasteiger partial charge in [0, 0.05) is 32.6 Å². The van der Waals surface area contributed by atoms with Gasteiger partial charge in [-0.25, -0.2) is 0 Å². The maximum absolute atomic E-state index is 11.8. The van der Waals surface area contributed by atoms with Crippen LogP contribution in [-0.4, -0.2) is 42.9 Å². The highest BCUT2D eigenvalue weighted by atomic mass is 16.2. The quantitative estimate of drug-likeness (QED) is 0.424. The maximum Gasteiger partial charge on any atom is 0.222 e. The molecule has 0 aliphatic carbocycles. The molecule has 3 N–H and O–H groups in total. The molecule has 0 radical (unpaired) electrons. The van der Waals surface area contributed by atoms with E-state index in [2.05, 4.69) is 24.2 Å². The van der Waals surface area contributed by atoms with E-state index in [1.165, 1.54) is 6.42 Å². The SMILES string of the molecule is CC(C)CCNC(N)=NCCCN1CCCCCC1=O. The van der Waals surface area contributed by atoms with Crippen LogP contribution in [0.25, 0.3) is 0 Å². The van der Waals surface area contributed by atoms with E-state index in [1.807, 2.05) is 4.90 Å². The van der Waals surface area contributed by atoms with Crippen molar-refractivity contribution in [3.8, 4) is 0 Å². The molecule has 1 aliphatic heterocycles. The van der Waals surface area contributed by atoms with Gasteiger partial charge < -0.3 is 16.0 Å². The predicted octanol–water partition coefficient (Wildman–Crippen LogP) is 1.73. The lowest BCUT2D eigenvalue weighted by molar-refractivity contribution is -0.130. The molecule has 0 unspecified atom stereocenters. The van der Waals surface area contributed by atoms with Crippen molar-refractivity contribution in [3.05, 3.63) is 0 Å². The summed E-state index contributed by atoms with van der Waals surface area (Å²) in [4.78, 5) is 18.1. The van der Waals surface area contributed by atoms with Crippen molar-refractivity contribution in [3.63, 3.8) is 0 Å². The van der Waals surface area contributed by atoms with E-state index in [0.717, 1.165) is 45.3 Å². The van der Waals surface area contributed by atoms with Crippen molar-refractivity contribution in [1.82, 2.24) is 10.2 Å². The monoisotopic (exact) mass is 282 g/mol. The van der Waals surface area contributed by atoms with Crippen molar-refractivity contribution in [2.75, 3.05) is 26.2 Å². The van der Waals surface area contributed by atoms with Gasteiger partial charge in [0.05, 0.1) is 0 Å². The Kier molecular flexibility index (Phi) is 8.07. The number of nitrogens with zero attached hydrogens (tertiary/aromatic N) is 2. The van der Waals surface area contributed by atoms with Gasteiger partial charge in [0.15, 0.2) is 5.96 Å². The topological polar surface area (TPSA) is 70.7 Å². The lowest BCUT2D eigenvalue weighted by Crippen LogP contribution is -2.34. The molecule has 1 aliphatic rings. The first-order chi connectivity index (χ1) is 9.59. The summed E-state index contributed by atoms with van der Waals surface area (Å²) in [6, 6.07) is 0. The van der Waals surface area contributed by atoms with Crippen LogP contribution >= 0.6 is 0 Å². The lowest BCUT2D eigenvalue weighted by Gasteiger charge is -2.19. The number of carbonyl (C=O) groups excluding carboxylic acids is 1. The number of hydrogen-bond donors (Lipinski definition) is 2. The molecule has 0 aromatic carbocycles. The summed E-state index contributed by atoms with van der Waals surface area (Å²) in [5, 5.41) is 3.12. The van der Waals surface area contributed by atoms with Gasteiger partial charge in [0.2, 0.25) is 5.91 Å². The zero-order valence-electron chi connectivity index (χ0n) is 13.0. The highest BCUT2D eigenvalue weighted by Crippen LogP contribution is 2.11. The van der Waals surface area contributed by atoms with E-state index in [-0.39, 0.29) is 0 Å². The summed E-state index contributed by atoms with van der Waals surface area (Å²) in [7, 11) is 0. The number of carbonyl (C=O) groups is 1. The Labute approximate surface area is 123 Å². The zero-order valence-corrected chi connectivity index (χ0v) is 13.0. The van der Waals surface area contributed by atoms with Crippen LogP contribution in [0.3, 0.4) is 0 Å². The highest BCUT2D eigenvalue weighted by Gasteiger charge is 2.15. The average Bonchev–Trinajstić information content (AvgIpc) is 2.59. The Balaban J connectivity index is 2.14. The minimum absolute atomic E-state index is 0.300.